The number of nitrogens with two attached hydrogens (primary N) is 1. The van der Waals surface area contributed by atoms with Crippen LogP contribution < -0.4 is 10.5 Å². The molecule has 7 nitrogen and oxygen atoms in total. The lowest BCUT2D eigenvalue weighted by Gasteiger charge is -2.19. The molecule has 0 spiro atoms. The Morgan fingerprint density at radius 1 is 1.10 bits per heavy atom. The molecule has 2 aromatic carbocycles. The maximum absolute atomic E-state index is 13.0. The summed E-state index contributed by atoms with van der Waals surface area (Å²) in [5.74, 6) is 0.290. The molecular formula is C21H21ClN6OS. The van der Waals surface area contributed by atoms with Crippen LogP contribution in [-0.4, -0.2) is 24.2 Å². The molecule has 1 atom stereocenters. The minimum Gasteiger partial charge on any atom is -0.382 e. The van der Waals surface area contributed by atoms with E-state index in [4.69, 9.17) is 17.3 Å². The van der Waals surface area contributed by atoms with Crippen molar-refractivity contribution in [1.29, 1.82) is 0 Å². The van der Waals surface area contributed by atoms with Crippen LogP contribution in [0.15, 0.2) is 59.6 Å². The Morgan fingerprint density at radius 3 is 2.53 bits per heavy atom. The van der Waals surface area contributed by atoms with E-state index in [1.165, 1.54) is 5.56 Å². The van der Waals surface area contributed by atoms with Gasteiger partial charge in [0.15, 0.2) is 11.3 Å². The van der Waals surface area contributed by atoms with Crippen molar-refractivity contribution in [1.82, 2.24) is 20.0 Å². The number of pyridine rings is 1. The van der Waals surface area contributed by atoms with Crippen molar-refractivity contribution in [3.05, 3.63) is 65.3 Å². The summed E-state index contributed by atoms with van der Waals surface area (Å²) in [5, 5.41) is 8.83. The number of hydrogen-bond donors (Lipinski definition) is 2. The van der Waals surface area contributed by atoms with E-state index in [1.54, 1.807) is 35.1 Å². The summed E-state index contributed by atoms with van der Waals surface area (Å²) < 4.78 is 17.6. The van der Waals surface area contributed by atoms with Crippen molar-refractivity contribution < 1.29 is 4.21 Å². The standard InChI is InChI=1S/C21H21ClN6OS/c1-21(2,3)13-4-7-15(8-5-13)30(29)26-16-9-6-14(22)12-18(16)28-17-10-11-24-20(23)19(17)25-27-28/h4-12,26H,1-3H3,(H2,23,24). The van der Waals surface area contributed by atoms with Crippen molar-refractivity contribution in [3.8, 4) is 5.69 Å². The van der Waals surface area contributed by atoms with Crippen LogP contribution in [0.25, 0.3) is 16.7 Å². The van der Waals surface area contributed by atoms with Crippen LogP contribution in [0.3, 0.4) is 0 Å². The second kappa shape index (κ2) is 7.70. The largest absolute Gasteiger partial charge is 0.382 e. The smallest absolute Gasteiger partial charge is 0.155 e. The summed E-state index contributed by atoms with van der Waals surface area (Å²) in [6.45, 7) is 6.42. The van der Waals surface area contributed by atoms with Gasteiger partial charge in [0.2, 0.25) is 0 Å². The first kappa shape index (κ1) is 20.3. The monoisotopic (exact) mass is 440 g/mol. The van der Waals surface area contributed by atoms with Gasteiger partial charge in [0.1, 0.15) is 16.5 Å². The number of aromatic nitrogens is 4. The third-order valence-corrected chi connectivity index (χ3v) is 6.06. The fourth-order valence-corrected chi connectivity index (χ4v) is 4.09. The number of nitrogen functional groups attached to an aromatic ring is 1. The molecule has 3 N–H and O–H groups in total. The highest BCUT2D eigenvalue weighted by atomic mass is 35.5. The quantitative estimate of drug-likeness (QED) is 0.487. The van der Waals surface area contributed by atoms with Crippen LogP contribution in [0.5, 0.6) is 0 Å². The van der Waals surface area contributed by atoms with E-state index < -0.39 is 11.0 Å². The molecular weight excluding hydrogens is 420 g/mol. The second-order valence-corrected chi connectivity index (χ2v) is 9.52. The van der Waals surface area contributed by atoms with E-state index in [-0.39, 0.29) is 11.2 Å². The van der Waals surface area contributed by atoms with Crippen molar-refractivity contribution >= 4 is 45.1 Å². The van der Waals surface area contributed by atoms with Crippen molar-refractivity contribution in [2.45, 2.75) is 31.1 Å². The number of nitrogens with one attached hydrogen (secondary N) is 1. The normalized spacial score (nSPS) is 12.8. The number of halogens is 1. The predicted molar refractivity (Wildman–Crippen MR) is 121 cm³/mol. The summed E-state index contributed by atoms with van der Waals surface area (Å²) in [6, 6.07) is 14.7. The highest BCUT2D eigenvalue weighted by Gasteiger charge is 2.17. The van der Waals surface area contributed by atoms with Gasteiger partial charge in [-0.1, -0.05) is 49.7 Å². The minimum atomic E-state index is -1.48. The molecule has 0 aliphatic heterocycles. The van der Waals surface area contributed by atoms with E-state index in [9.17, 15) is 4.21 Å². The van der Waals surface area contributed by atoms with E-state index in [1.807, 2.05) is 24.3 Å². The molecule has 154 valence electrons. The van der Waals surface area contributed by atoms with Gasteiger partial charge in [0.25, 0.3) is 0 Å². The Bertz CT molecular complexity index is 1250. The zero-order valence-corrected chi connectivity index (χ0v) is 18.3. The molecule has 0 amide bonds. The van der Waals surface area contributed by atoms with Gasteiger partial charge in [0.05, 0.1) is 16.3 Å². The summed E-state index contributed by atoms with van der Waals surface area (Å²) in [5.41, 5.74) is 9.47. The van der Waals surface area contributed by atoms with Gasteiger partial charge in [-0.05, 0) is 47.4 Å². The number of rotatable bonds is 4. The van der Waals surface area contributed by atoms with Crippen LogP contribution >= 0.6 is 11.6 Å². The summed E-state index contributed by atoms with van der Waals surface area (Å²) in [7, 11) is -1.48. The SMILES string of the molecule is CC(C)(C)c1ccc(S(=O)Nc2ccc(Cl)cc2-n2nnc3c(N)nccc32)cc1. The predicted octanol–water partition coefficient (Wildman–Crippen LogP) is 4.48. The lowest BCUT2D eigenvalue weighted by molar-refractivity contribution is 0.589. The van der Waals surface area contributed by atoms with Crippen LogP contribution in [0.2, 0.25) is 5.02 Å². The first-order valence-electron chi connectivity index (χ1n) is 9.29. The molecule has 0 aliphatic rings. The van der Waals surface area contributed by atoms with E-state index in [2.05, 4.69) is 40.8 Å². The van der Waals surface area contributed by atoms with Crippen LogP contribution in [0.1, 0.15) is 26.3 Å². The van der Waals surface area contributed by atoms with Crippen LogP contribution in [-0.2, 0) is 16.4 Å². The molecule has 4 rings (SSSR count). The van der Waals surface area contributed by atoms with Gasteiger partial charge >= 0.3 is 0 Å². The number of fused-ring (bicyclic) bond motifs is 1. The Balaban J connectivity index is 1.70. The Kier molecular flexibility index (Phi) is 5.21. The molecule has 2 heterocycles. The average Bonchev–Trinajstić information content (AvgIpc) is 3.14. The van der Waals surface area contributed by atoms with Gasteiger partial charge in [0, 0.05) is 11.2 Å². The second-order valence-electron chi connectivity index (χ2n) is 7.87. The van der Waals surface area contributed by atoms with Crippen LogP contribution in [0, 0.1) is 0 Å². The lowest BCUT2D eigenvalue weighted by atomic mass is 9.87. The summed E-state index contributed by atoms with van der Waals surface area (Å²) in [4.78, 5) is 4.71. The number of nitrogens with zero attached hydrogens (tertiary/aromatic N) is 4. The Morgan fingerprint density at radius 2 is 1.83 bits per heavy atom. The third kappa shape index (κ3) is 3.88. The van der Waals surface area contributed by atoms with Crippen molar-refractivity contribution in [2.75, 3.05) is 10.5 Å². The molecule has 1 unspecified atom stereocenters. The summed E-state index contributed by atoms with van der Waals surface area (Å²) in [6.07, 6.45) is 1.59. The zero-order chi connectivity index (χ0) is 21.5. The molecule has 9 heteroatoms. The van der Waals surface area contributed by atoms with Gasteiger partial charge in [-0.3, -0.25) is 4.72 Å². The maximum atomic E-state index is 13.0. The molecule has 0 aliphatic carbocycles. The lowest BCUT2D eigenvalue weighted by Crippen LogP contribution is -2.12. The number of hydrogen-bond acceptors (Lipinski definition) is 5. The van der Waals surface area contributed by atoms with E-state index in [0.717, 1.165) is 0 Å². The average molecular weight is 441 g/mol. The molecule has 0 saturated heterocycles. The van der Waals surface area contributed by atoms with Gasteiger partial charge in [-0.2, -0.15) is 0 Å². The number of anilines is 2. The first-order chi connectivity index (χ1) is 14.2. The van der Waals surface area contributed by atoms with Gasteiger partial charge in [-0.25, -0.2) is 13.9 Å². The number of benzene rings is 2. The van der Waals surface area contributed by atoms with Crippen LogP contribution in [0.4, 0.5) is 11.5 Å². The fourth-order valence-electron chi connectivity index (χ4n) is 3.05. The van der Waals surface area contributed by atoms with E-state index >= 15 is 0 Å². The van der Waals surface area contributed by atoms with E-state index in [0.29, 0.717) is 32.3 Å². The fraction of sp³-hybridized carbons (Fsp3) is 0.190. The molecule has 2 aromatic heterocycles. The third-order valence-electron chi connectivity index (χ3n) is 4.72. The molecule has 4 aromatic rings. The first-order valence-corrected chi connectivity index (χ1v) is 10.8. The molecule has 0 bridgehead atoms. The van der Waals surface area contributed by atoms with Crippen molar-refractivity contribution in [2.24, 2.45) is 0 Å². The highest BCUT2D eigenvalue weighted by Crippen LogP contribution is 2.29. The topological polar surface area (TPSA) is 98.7 Å². The van der Waals surface area contributed by atoms with Gasteiger partial charge in [-0.15, -0.1) is 5.10 Å². The van der Waals surface area contributed by atoms with Gasteiger partial charge < -0.3 is 5.73 Å². The molecule has 0 fully saturated rings. The molecule has 0 saturated carbocycles. The summed E-state index contributed by atoms with van der Waals surface area (Å²) >= 11 is 6.23. The Labute approximate surface area is 181 Å². The maximum Gasteiger partial charge on any atom is 0.155 e. The zero-order valence-electron chi connectivity index (χ0n) is 16.8. The molecule has 30 heavy (non-hydrogen) atoms. The van der Waals surface area contributed by atoms with Crippen molar-refractivity contribution in [3.63, 3.8) is 0 Å². The highest BCUT2D eigenvalue weighted by molar-refractivity contribution is 7.86. The Hall–Kier alpha value is -2.97. The minimum absolute atomic E-state index is 0.0294. The molecule has 0 radical (unpaired) electrons.